The lowest BCUT2D eigenvalue weighted by molar-refractivity contribution is 0.102. The molecular formula is C21H19NO2. The highest BCUT2D eigenvalue weighted by molar-refractivity contribution is 6.04. The van der Waals surface area contributed by atoms with Gasteiger partial charge in [0.1, 0.15) is 12.4 Å². The van der Waals surface area contributed by atoms with E-state index in [9.17, 15) is 4.79 Å². The normalized spacial score (nSPS) is 10.2. The summed E-state index contributed by atoms with van der Waals surface area (Å²) >= 11 is 0. The van der Waals surface area contributed by atoms with Crippen LogP contribution in [-0.2, 0) is 6.61 Å². The van der Waals surface area contributed by atoms with Crippen molar-refractivity contribution in [3.63, 3.8) is 0 Å². The van der Waals surface area contributed by atoms with Crippen LogP contribution in [0.1, 0.15) is 21.5 Å². The molecule has 3 aromatic carbocycles. The average molecular weight is 317 g/mol. The second-order valence-corrected chi connectivity index (χ2v) is 5.62. The number of hydrogen-bond acceptors (Lipinski definition) is 2. The Morgan fingerprint density at radius 3 is 2.21 bits per heavy atom. The minimum Gasteiger partial charge on any atom is -0.489 e. The van der Waals surface area contributed by atoms with Crippen LogP contribution < -0.4 is 10.1 Å². The molecule has 0 aliphatic heterocycles. The van der Waals surface area contributed by atoms with Crippen LogP contribution in [0.4, 0.5) is 5.69 Å². The number of hydrogen-bond donors (Lipinski definition) is 1. The smallest absolute Gasteiger partial charge is 0.255 e. The zero-order valence-corrected chi connectivity index (χ0v) is 13.5. The molecule has 0 heterocycles. The molecule has 3 nitrogen and oxygen atoms in total. The van der Waals surface area contributed by atoms with Gasteiger partial charge in [-0.1, -0.05) is 48.0 Å². The number of anilines is 1. The molecule has 0 aliphatic rings. The minimum absolute atomic E-state index is 0.131. The van der Waals surface area contributed by atoms with Crippen molar-refractivity contribution < 1.29 is 9.53 Å². The Bertz CT molecular complexity index is 794. The first-order chi connectivity index (χ1) is 11.7. The van der Waals surface area contributed by atoms with Gasteiger partial charge in [0.2, 0.25) is 0 Å². The van der Waals surface area contributed by atoms with Crippen molar-refractivity contribution >= 4 is 11.6 Å². The van der Waals surface area contributed by atoms with Crippen LogP contribution in [-0.4, -0.2) is 5.91 Å². The quantitative estimate of drug-likeness (QED) is 0.732. The first kappa shape index (κ1) is 15.8. The highest BCUT2D eigenvalue weighted by Crippen LogP contribution is 2.16. The molecule has 0 saturated carbocycles. The van der Waals surface area contributed by atoms with Crippen molar-refractivity contribution in [2.45, 2.75) is 13.5 Å². The zero-order valence-electron chi connectivity index (χ0n) is 13.5. The van der Waals surface area contributed by atoms with Crippen LogP contribution in [0, 0.1) is 6.92 Å². The summed E-state index contributed by atoms with van der Waals surface area (Å²) in [5, 5.41) is 2.88. The van der Waals surface area contributed by atoms with E-state index in [0.29, 0.717) is 12.2 Å². The Morgan fingerprint density at radius 2 is 1.54 bits per heavy atom. The van der Waals surface area contributed by atoms with E-state index < -0.39 is 0 Å². The molecule has 1 N–H and O–H groups in total. The number of nitrogens with one attached hydrogen (secondary N) is 1. The first-order valence-corrected chi connectivity index (χ1v) is 7.85. The second-order valence-electron chi connectivity index (χ2n) is 5.62. The van der Waals surface area contributed by atoms with Crippen molar-refractivity contribution in [1.82, 2.24) is 0 Å². The summed E-state index contributed by atoms with van der Waals surface area (Å²) in [7, 11) is 0. The Hall–Kier alpha value is -3.07. The molecule has 0 radical (unpaired) electrons. The van der Waals surface area contributed by atoms with E-state index in [0.717, 1.165) is 22.6 Å². The van der Waals surface area contributed by atoms with Gasteiger partial charge in [0.25, 0.3) is 5.91 Å². The molecule has 0 fully saturated rings. The summed E-state index contributed by atoms with van der Waals surface area (Å²) in [6.07, 6.45) is 0. The second kappa shape index (κ2) is 7.47. The summed E-state index contributed by atoms with van der Waals surface area (Å²) in [6.45, 7) is 2.52. The maximum atomic E-state index is 12.2. The van der Waals surface area contributed by atoms with E-state index in [-0.39, 0.29) is 5.91 Å². The van der Waals surface area contributed by atoms with Crippen molar-refractivity contribution in [2.75, 3.05) is 5.32 Å². The molecular weight excluding hydrogens is 298 g/mol. The van der Waals surface area contributed by atoms with Crippen molar-refractivity contribution in [2.24, 2.45) is 0 Å². The van der Waals surface area contributed by atoms with E-state index in [1.54, 1.807) is 12.1 Å². The molecule has 0 saturated heterocycles. The third-order valence-electron chi connectivity index (χ3n) is 3.67. The predicted octanol–water partition coefficient (Wildman–Crippen LogP) is 4.83. The molecule has 24 heavy (non-hydrogen) atoms. The lowest BCUT2D eigenvalue weighted by Gasteiger charge is -2.08. The largest absolute Gasteiger partial charge is 0.489 e. The number of rotatable bonds is 5. The molecule has 0 atom stereocenters. The van der Waals surface area contributed by atoms with Gasteiger partial charge in [-0.25, -0.2) is 0 Å². The van der Waals surface area contributed by atoms with Gasteiger partial charge in [0, 0.05) is 11.3 Å². The van der Waals surface area contributed by atoms with Crippen LogP contribution >= 0.6 is 0 Å². The van der Waals surface area contributed by atoms with Crippen LogP contribution in [0.15, 0.2) is 78.9 Å². The number of carbonyl (C=O) groups excluding carboxylic acids is 1. The summed E-state index contributed by atoms with van der Waals surface area (Å²) in [6, 6.07) is 24.9. The van der Waals surface area contributed by atoms with Gasteiger partial charge in [-0.2, -0.15) is 0 Å². The fraction of sp³-hybridized carbons (Fsp3) is 0.0952. The first-order valence-electron chi connectivity index (χ1n) is 7.85. The molecule has 3 heteroatoms. The van der Waals surface area contributed by atoms with E-state index >= 15 is 0 Å². The maximum Gasteiger partial charge on any atom is 0.255 e. The summed E-state index contributed by atoms with van der Waals surface area (Å²) < 4.78 is 5.73. The topological polar surface area (TPSA) is 38.3 Å². The standard InChI is InChI=1S/C21H19NO2/c1-16-7-11-19(12-8-16)22-21(23)18-9-13-20(14-10-18)24-15-17-5-3-2-4-6-17/h2-14H,15H2,1H3,(H,22,23). The lowest BCUT2D eigenvalue weighted by atomic mass is 10.2. The Balaban J connectivity index is 1.59. The van der Waals surface area contributed by atoms with Crippen LogP contribution in [0.3, 0.4) is 0 Å². The highest BCUT2D eigenvalue weighted by Gasteiger charge is 2.06. The summed E-state index contributed by atoms with van der Waals surface area (Å²) in [5.74, 6) is 0.610. The SMILES string of the molecule is Cc1ccc(NC(=O)c2ccc(OCc3ccccc3)cc2)cc1. The molecule has 0 aliphatic carbocycles. The molecule has 3 aromatic rings. The van der Waals surface area contributed by atoms with Gasteiger partial charge in [-0.15, -0.1) is 0 Å². The minimum atomic E-state index is -0.131. The summed E-state index contributed by atoms with van der Waals surface area (Å²) in [4.78, 5) is 12.2. The third kappa shape index (κ3) is 4.23. The van der Waals surface area contributed by atoms with Gasteiger partial charge < -0.3 is 10.1 Å². The molecule has 0 bridgehead atoms. The average Bonchev–Trinajstić information content (AvgIpc) is 2.63. The number of carbonyl (C=O) groups is 1. The zero-order chi connectivity index (χ0) is 16.8. The van der Waals surface area contributed by atoms with Crippen LogP contribution in [0.2, 0.25) is 0 Å². The molecule has 0 spiro atoms. The predicted molar refractivity (Wildman–Crippen MR) is 96.3 cm³/mol. The van der Waals surface area contributed by atoms with Gasteiger partial charge in [-0.05, 0) is 48.9 Å². The van der Waals surface area contributed by atoms with Gasteiger partial charge >= 0.3 is 0 Å². The highest BCUT2D eigenvalue weighted by atomic mass is 16.5. The monoisotopic (exact) mass is 317 g/mol. The van der Waals surface area contributed by atoms with Crippen LogP contribution in [0.5, 0.6) is 5.75 Å². The maximum absolute atomic E-state index is 12.2. The van der Waals surface area contributed by atoms with E-state index in [2.05, 4.69) is 5.32 Å². The number of benzene rings is 3. The molecule has 120 valence electrons. The van der Waals surface area contributed by atoms with Crippen molar-refractivity contribution in [3.8, 4) is 5.75 Å². The van der Waals surface area contributed by atoms with E-state index in [1.165, 1.54) is 0 Å². The van der Waals surface area contributed by atoms with Crippen molar-refractivity contribution in [1.29, 1.82) is 0 Å². The van der Waals surface area contributed by atoms with Gasteiger partial charge in [0.15, 0.2) is 0 Å². The molecule has 0 aromatic heterocycles. The van der Waals surface area contributed by atoms with Gasteiger partial charge in [0.05, 0.1) is 0 Å². The van der Waals surface area contributed by atoms with Crippen molar-refractivity contribution in [3.05, 3.63) is 95.6 Å². The number of ether oxygens (including phenoxy) is 1. The van der Waals surface area contributed by atoms with Gasteiger partial charge in [-0.3, -0.25) is 4.79 Å². The fourth-order valence-corrected chi connectivity index (χ4v) is 2.28. The Kier molecular flexibility index (Phi) is 4.92. The number of aryl methyl sites for hydroxylation is 1. The molecule has 3 rings (SSSR count). The number of amides is 1. The Morgan fingerprint density at radius 1 is 0.875 bits per heavy atom. The van der Waals surface area contributed by atoms with E-state index in [4.69, 9.17) is 4.74 Å². The molecule has 0 unspecified atom stereocenters. The lowest BCUT2D eigenvalue weighted by Crippen LogP contribution is -2.11. The Labute approximate surface area is 141 Å². The fourth-order valence-electron chi connectivity index (χ4n) is 2.28. The van der Waals surface area contributed by atoms with Crippen LogP contribution in [0.25, 0.3) is 0 Å². The molecule has 1 amide bonds. The van der Waals surface area contributed by atoms with E-state index in [1.807, 2.05) is 73.7 Å². The third-order valence-corrected chi connectivity index (χ3v) is 3.67. The summed E-state index contributed by atoms with van der Waals surface area (Å²) in [5.41, 5.74) is 3.66.